The molecule has 1 heterocycles. The zero-order valence-corrected chi connectivity index (χ0v) is 15.7. The minimum Gasteiger partial charge on any atom is -0.482 e. The summed E-state index contributed by atoms with van der Waals surface area (Å²) < 4.78 is 10.6. The summed E-state index contributed by atoms with van der Waals surface area (Å²) in [6.07, 6.45) is 0. The van der Waals surface area contributed by atoms with E-state index in [0.717, 1.165) is 0 Å². The number of nitrogens with zero attached hydrogens (tertiary/aromatic N) is 1. The number of benzene rings is 2. The molecule has 28 heavy (non-hydrogen) atoms. The van der Waals surface area contributed by atoms with Crippen molar-refractivity contribution in [2.45, 2.75) is 13.8 Å². The van der Waals surface area contributed by atoms with Gasteiger partial charge in [-0.1, -0.05) is 17.7 Å². The lowest BCUT2D eigenvalue weighted by Gasteiger charge is -2.11. The van der Waals surface area contributed by atoms with E-state index in [1.54, 1.807) is 26.0 Å². The van der Waals surface area contributed by atoms with Crippen LogP contribution in [0.5, 0.6) is 5.75 Å². The van der Waals surface area contributed by atoms with Gasteiger partial charge in [0, 0.05) is 23.6 Å². The van der Waals surface area contributed by atoms with E-state index in [0.29, 0.717) is 27.8 Å². The Morgan fingerprint density at radius 2 is 2.04 bits per heavy atom. The number of nitrogens with one attached hydrogen (secondary N) is 1. The van der Waals surface area contributed by atoms with Gasteiger partial charge in [0.2, 0.25) is 0 Å². The molecule has 0 atom stereocenters. The Hall–Kier alpha value is -3.39. The fourth-order valence-electron chi connectivity index (χ4n) is 2.72. The van der Waals surface area contributed by atoms with E-state index >= 15 is 0 Å². The Kier molecular flexibility index (Phi) is 5.32. The number of aryl methyl sites for hydroxylation is 1. The van der Waals surface area contributed by atoms with Gasteiger partial charge in [0.15, 0.2) is 6.61 Å². The second-order valence-electron chi connectivity index (χ2n) is 6.07. The van der Waals surface area contributed by atoms with Gasteiger partial charge < -0.3 is 14.5 Å². The predicted molar refractivity (Wildman–Crippen MR) is 104 cm³/mol. The summed E-state index contributed by atoms with van der Waals surface area (Å²) in [6, 6.07) is 8.78. The third-order valence-corrected chi connectivity index (χ3v) is 4.43. The Bertz CT molecular complexity index is 1160. The molecule has 3 rings (SSSR count). The number of carbonyl (C=O) groups is 1. The molecule has 1 aromatic heterocycles. The molecule has 0 aliphatic heterocycles. The number of hydrogen-bond donors (Lipinski definition) is 1. The minimum absolute atomic E-state index is 0.0957. The maximum absolute atomic E-state index is 12.2. The number of nitro benzene ring substituents is 1. The van der Waals surface area contributed by atoms with Crippen molar-refractivity contribution in [1.82, 2.24) is 0 Å². The molecule has 0 fully saturated rings. The van der Waals surface area contributed by atoms with Crippen molar-refractivity contribution in [3.63, 3.8) is 0 Å². The maximum atomic E-state index is 12.2. The summed E-state index contributed by atoms with van der Waals surface area (Å²) in [5.74, 6) is -0.348. The highest BCUT2D eigenvalue weighted by Crippen LogP contribution is 2.31. The van der Waals surface area contributed by atoms with E-state index in [2.05, 4.69) is 5.32 Å². The van der Waals surface area contributed by atoms with Crippen molar-refractivity contribution in [2.75, 3.05) is 11.9 Å². The Balaban J connectivity index is 1.76. The number of nitro groups is 1. The first-order chi connectivity index (χ1) is 13.3. The normalized spacial score (nSPS) is 10.7. The summed E-state index contributed by atoms with van der Waals surface area (Å²) >= 11 is 6.19. The first kappa shape index (κ1) is 19.4. The fourth-order valence-corrected chi connectivity index (χ4v) is 2.93. The molecule has 0 spiro atoms. The molecule has 3 aromatic rings. The van der Waals surface area contributed by atoms with Gasteiger partial charge >= 0.3 is 5.63 Å². The van der Waals surface area contributed by atoms with Gasteiger partial charge in [0.05, 0.1) is 21.2 Å². The van der Waals surface area contributed by atoms with Crippen molar-refractivity contribution >= 4 is 39.9 Å². The largest absolute Gasteiger partial charge is 0.482 e. The summed E-state index contributed by atoms with van der Waals surface area (Å²) in [5, 5.41) is 14.5. The lowest BCUT2D eigenvalue weighted by Crippen LogP contribution is -2.21. The van der Waals surface area contributed by atoms with Crippen LogP contribution in [0.4, 0.5) is 11.4 Å². The first-order valence-electron chi connectivity index (χ1n) is 8.17. The molecule has 0 aliphatic carbocycles. The zero-order valence-electron chi connectivity index (χ0n) is 14.9. The molecule has 9 heteroatoms. The van der Waals surface area contributed by atoms with Crippen LogP contribution in [0, 0.1) is 24.0 Å². The van der Waals surface area contributed by atoms with Crippen LogP contribution in [-0.4, -0.2) is 17.4 Å². The number of halogens is 1. The summed E-state index contributed by atoms with van der Waals surface area (Å²) in [7, 11) is 0. The molecule has 0 radical (unpaired) electrons. The van der Waals surface area contributed by atoms with Gasteiger partial charge in [0.25, 0.3) is 11.6 Å². The van der Waals surface area contributed by atoms with Crippen LogP contribution in [0.15, 0.2) is 45.6 Å². The van der Waals surface area contributed by atoms with E-state index in [-0.39, 0.29) is 23.1 Å². The van der Waals surface area contributed by atoms with E-state index in [1.165, 1.54) is 24.3 Å². The number of anilines is 1. The van der Waals surface area contributed by atoms with Gasteiger partial charge in [-0.25, -0.2) is 4.79 Å². The SMILES string of the molecule is Cc1c(NC(=O)COc2cc3oc(=O)cc(C)c3cc2Cl)cccc1[N+](=O)[O-]. The average molecular weight is 403 g/mol. The van der Waals surface area contributed by atoms with Gasteiger partial charge in [-0.2, -0.15) is 0 Å². The van der Waals surface area contributed by atoms with E-state index in [1.807, 2.05) is 0 Å². The highest BCUT2D eigenvalue weighted by atomic mass is 35.5. The summed E-state index contributed by atoms with van der Waals surface area (Å²) in [6.45, 7) is 2.91. The number of hydrogen-bond acceptors (Lipinski definition) is 6. The zero-order chi connectivity index (χ0) is 20.4. The molecule has 2 aromatic carbocycles. The standard InChI is InChI=1S/C19H15ClN2O6/c1-10-6-19(24)28-16-8-17(13(20)7-12(10)16)27-9-18(23)21-14-4-3-5-15(11(14)2)22(25)26/h3-8H,9H2,1-2H3,(H,21,23). The molecule has 0 bridgehead atoms. The lowest BCUT2D eigenvalue weighted by atomic mass is 10.1. The van der Waals surface area contributed by atoms with Gasteiger partial charge in [-0.05, 0) is 31.5 Å². The van der Waals surface area contributed by atoms with Crippen LogP contribution < -0.4 is 15.7 Å². The second-order valence-corrected chi connectivity index (χ2v) is 6.48. The van der Waals surface area contributed by atoms with Gasteiger partial charge in [0.1, 0.15) is 11.3 Å². The Morgan fingerprint density at radius 3 is 2.75 bits per heavy atom. The first-order valence-corrected chi connectivity index (χ1v) is 8.54. The number of amides is 1. The topological polar surface area (TPSA) is 112 Å². The van der Waals surface area contributed by atoms with Crippen LogP contribution in [0.3, 0.4) is 0 Å². The Labute approximate surface area is 163 Å². The van der Waals surface area contributed by atoms with Gasteiger partial charge in [-0.15, -0.1) is 0 Å². The number of ether oxygens (including phenoxy) is 1. The number of fused-ring (bicyclic) bond motifs is 1. The summed E-state index contributed by atoms with van der Waals surface area (Å²) in [5.41, 5.74) is 1.05. The lowest BCUT2D eigenvalue weighted by molar-refractivity contribution is -0.385. The highest BCUT2D eigenvalue weighted by molar-refractivity contribution is 6.32. The van der Waals surface area contributed by atoms with Gasteiger partial charge in [-0.3, -0.25) is 14.9 Å². The smallest absolute Gasteiger partial charge is 0.336 e. The van der Waals surface area contributed by atoms with E-state index in [9.17, 15) is 19.7 Å². The molecule has 1 N–H and O–H groups in total. The van der Waals surface area contributed by atoms with Crippen molar-refractivity contribution < 1.29 is 18.9 Å². The predicted octanol–water partition coefficient (Wildman–Crippen LogP) is 3.99. The van der Waals surface area contributed by atoms with Crippen molar-refractivity contribution in [3.05, 3.63) is 73.1 Å². The average Bonchev–Trinajstić information content (AvgIpc) is 2.62. The van der Waals surface area contributed by atoms with Crippen molar-refractivity contribution in [1.29, 1.82) is 0 Å². The van der Waals surface area contributed by atoms with Crippen molar-refractivity contribution in [3.8, 4) is 5.75 Å². The highest BCUT2D eigenvalue weighted by Gasteiger charge is 2.16. The minimum atomic E-state index is -0.523. The fraction of sp³-hybridized carbons (Fsp3) is 0.158. The third-order valence-electron chi connectivity index (χ3n) is 4.14. The molecule has 0 aliphatic rings. The monoisotopic (exact) mass is 402 g/mol. The second kappa shape index (κ2) is 7.69. The number of carbonyl (C=O) groups excluding carboxylic acids is 1. The molecule has 144 valence electrons. The van der Waals surface area contributed by atoms with E-state index in [4.69, 9.17) is 20.8 Å². The van der Waals surface area contributed by atoms with Crippen molar-refractivity contribution in [2.24, 2.45) is 0 Å². The summed E-state index contributed by atoms with van der Waals surface area (Å²) in [4.78, 5) is 34.2. The van der Waals surface area contributed by atoms with Crippen LogP contribution in [-0.2, 0) is 4.79 Å². The van der Waals surface area contributed by atoms with Crippen LogP contribution >= 0.6 is 11.6 Å². The molecular weight excluding hydrogens is 388 g/mol. The van der Waals surface area contributed by atoms with Crippen LogP contribution in [0.1, 0.15) is 11.1 Å². The molecule has 0 unspecified atom stereocenters. The number of rotatable bonds is 5. The third kappa shape index (κ3) is 3.96. The molecule has 1 amide bonds. The quantitative estimate of drug-likeness (QED) is 0.392. The molecular formula is C19H15ClN2O6. The van der Waals surface area contributed by atoms with E-state index < -0.39 is 16.5 Å². The van der Waals surface area contributed by atoms with Crippen LogP contribution in [0.2, 0.25) is 5.02 Å². The van der Waals surface area contributed by atoms with Crippen LogP contribution in [0.25, 0.3) is 11.0 Å². The Morgan fingerprint density at radius 1 is 1.29 bits per heavy atom. The molecule has 8 nitrogen and oxygen atoms in total. The molecule has 0 saturated heterocycles. The maximum Gasteiger partial charge on any atom is 0.336 e. The molecule has 0 saturated carbocycles.